The monoisotopic (exact) mass is 240 g/mol. The van der Waals surface area contributed by atoms with Crippen LogP contribution in [-0.4, -0.2) is 36.8 Å². The van der Waals surface area contributed by atoms with E-state index in [9.17, 15) is 9.90 Å². The van der Waals surface area contributed by atoms with Gasteiger partial charge in [0.05, 0.1) is 11.5 Å². The molecule has 1 heterocycles. The maximum absolute atomic E-state index is 12.1. The maximum Gasteiger partial charge on any atom is 0.227 e. The Morgan fingerprint density at radius 1 is 1.47 bits per heavy atom. The van der Waals surface area contributed by atoms with Crippen molar-refractivity contribution in [3.8, 4) is 0 Å². The van der Waals surface area contributed by atoms with Gasteiger partial charge >= 0.3 is 0 Å². The Labute approximate surface area is 103 Å². The molecule has 0 aromatic heterocycles. The number of rotatable bonds is 3. The molecule has 3 unspecified atom stereocenters. The van der Waals surface area contributed by atoms with E-state index in [1.54, 1.807) is 0 Å². The Morgan fingerprint density at radius 3 is 2.88 bits per heavy atom. The van der Waals surface area contributed by atoms with Gasteiger partial charge in [-0.25, -0.2) is 0 Å². The van der Waals surface area contributed by atoms with Crippen LogP contribution in [0.25, 0.3) is 0 Å². The molecule has 0 radical (unpaired) electrons. The molecule has 98 valence electrons. The zero-order valence-corrected chi connectivity index (χ0v) is 10.7. The zero-order valence-electron chi connectivity index (χ0n) is 10.7. The van der Waals surface area contributed by atoms with Crippen molar-refractivity contribution in [3.63, 3.8) is 0 Å². The lowest BCUT2D eigenvalue weighted by atomic mass is 9.85. The van der Waals surface area contributed by atoms with Gasteiger partial charge in [0.2, 0.25) is 5.91 Å². The van der Waals surface area contributed by atoms with Gasteiger partial charge in [-0.1, -0.05) is 12.8 Å². The van der Waals surface area contributed by atoms with Crippen LogP contribution in [0.5, 0.6) is 0 Å². The van der Waals surface area contributed by atoms with E-state index in [4.69, 9.17) is 0 Å². The molecule has 2 rings (SSSR count). The summed E-state index contributed by atoms with van der Waals surface area (Å²) in [6.07, 6.45) is 4.91. The third kappa shape index (κ3) is 2.99. The summed E-state index contributed by atoms with van der Waals surface area (Å²) in [5, 5.41) is 16.1. The number of aliphatic hydroxyl groups excluding tert-OH is 1. The molecule has 1 amide bonds. The van der Waals surface area contributed by atoms with Crippen molar-refractivity contribution in [2.45, 2.75) is 45.1 Å². The lowest BCUT2D eigenvalue weighted by Gasteiger charge is -2.29. The van der Waals surface area contributed by atoms with Crippen molar-refractivity contribution in [1.82, 2.24) is 10.6 Å². The van der Waals surface area contributed by atoms with E-state index in [1.807, 2.05) is 6.92 Å². The first-order chi connectivity index (χ1) is 8.12. The first-order valence-corrected chi connectivity index (χ1v) is 6.79. The van der Waals surface area contributed by atoms with Crippen molar-refractivity contribution in [1.29, 1.82) is 0 Å². The normalized spacial score (nSPS) is 38.0. The molecule has 1 saturated heterocycles. The Bertz CT molecular complexity index is 275. The van der Waals surface area contributed by atoms with Crippen LogP contribution in [0.2, 0.25) is 0 Å². The minimum Gasteiger partial charge on any atom is -0.393 e. The minimum atomic E-state index is -0.250. The highest BCUT2D eigenvalue weighted by molar-refractivity contribution is 5.82. The first kappa shape index (κ1) is 12.8. The number of nitrogens with one attached hydrogen (secondary N) is 2. The summed E-state index contributed by atoms with van der Waals surface area (Å²) in [6.45, 7) is 4.34. The number of amides is 1. The van der Waals surface area contributed by atoms with Gasteiger partial charge in [-0.3, -0.25) is 4.79 Å². The highest BCUT2D eigenvalue weighted by atomic mass is 16.3. The molecule has 1 aliphatic heterocycles. The molecule has 17 heavy (non-hydrogen) atoms. The van der Waals surface area contributed by atoms with E-state index in [1.165, 1.54) is 6.42 Å². The van der Waals surface area contributed by atoms with Gasteiger partial charge in [-0.15, -0.1) is 0 Å². The van der Waals surface area contributed by atoms with Crippen molar-refractivity contribution >= 4 is 5.91 Å². The van der Waals surface area contributed by atoms with Gasteiger partial charge in [0.15, 0.2) is 0 Å². The van der Waals surface area contributed by atoms with E-state index < -0.39 is 0 Å². The highest BCUT2D eigenvalue weighted by Gasteiger charge is 2.36. The molecule has 2 aliphatic rings. The third-order valence-corrected chi connectivity index (χ3v) is 4.31. The van der Waals surface area contributed by atoms with E-state index in [2.05, 4.69) is 10.6 Å². The molecular weight excluding hydrogens is 216 g/mol. The number of carbonyl (C=O) groups excluding carboxylic acids is 1. The molecule has 2 fully saturated rings. The predicted molar refractivity (Wildman–Crippen MR) is 66.6 cm³/mol. The van der Waals surface area contributed by atoms with Crippen molar-refractivity contribution in [2.75, 3.05) is 19.6 Å². The van der Waals surface area contributed by atoms with Gasteiger partial charge in [0, 0.05) is 19.0 Å². The summed E-state index contributed by atoms with van der Waals surface area (Å²) < 4.78 is 0. The fourth-order valence-corrected chi connectivity index (χ4v) is 2.87. The summed E-state index contributed by atoms with van der Waals surface area (Å²) in [5.74, 6) is 0.394. The Balaban J connectivity index is 1.79. The second-order valence-electron chi connectivity index (χ2n) is 5.81. The summed E-state index contributed by atoms with van der Waals surface area (Å²) in [5.41, 5.74) is -0.250. The quantitative estimate of drug-likeness (QED) is 0.679. The Kier molecular flexibility index (Phi) is 4.05. The summed E-state index contributed by atoms with van der Waals surface area (Å²) in [6, 6.07) is 0. The topological polar surface area (TPSA) is 61.4 Å². The molecule has 0 spiro atoms. The van der Waals surface area contributed by atoms with E-state index in [-0.39, 0.29) is 23.3 Å². The number of aliphatic hydroxyl groups is 1. The minimum absolute atomic E-state index is 0.139. The average molecular weight is 240 g/mol. The summed E-state index contributed by atoms with van der Waals surface area (Å²) in [7, 11) is 0. The van der Waals surface area contributed by atoms with Gasteiger partial charge in [-0.05, 0) is 32.7 Å². The van der Waals surface area contributed by atoms with E-state index in [0.717, 1.165) is 38.8 Å². The van der Waals surface area contributed by atoms with Crippen LogP contribution < -0.4 is 10.6 Å². The summed E-state index contributed by atoms with van der Waals surface area (Å²) >= 11 is 0. The van der Waals surface area contributed by atoms with Crippen LogP contribution in [0, 0.1) is 11.3 Å². The van der Waals surface area contributed by atoms with Crippen LogP contribution in [0.4, 0.5) is 0 Å². The van der Waals surface area contributed by atoms with Crippen molar-refractivity contribution in [2.24, 2.45) is 11.3 Å². The van der Waals surface area contributed by atoms with Crippen LogP contribution in [-0.2, 0) is 4.79 Å². The van der Waals surface area contributed by atoms with Crippen molar-refractivity contribution in [3.05, 3.63) is 0 Å². The Hall–Kier alpha value is -0.610. The third-order valence-electron chi connectivity index (χ3n) is 4.31. The molecule has 0 bridgehead atoms. The zero-order chi connectivity index (χ0) is 12.3. The molecule has 1 aliphatic carbocycles. The number of hydrogen-bond acceptors (Lipinski definition) is 3. The molecule has 0 aromatic carbocycles. The molecule has 1 saturated carbocycles. The SMILES string of the molecule is CC1(C(=O)NCC2CCCCC2O)CCNC1. The molecule has 4 nitrogen and oxygen atoms in total. The second-order valence-corrected chi connectivity index (χ2v) is 5.81. The van der Waals surface area contributed by atoms with Crippen LogP contribution in [0.15, 0.2) is 0 Å². The molecule has 3 N–H and O–H groups in total. The maximum atomic E-state index is 12.1. The highest BCUT2D eigenvalue weighted by Crippen LogP contribution is 2.26. The number of carbonyl (C=O) groups is 1. The van der Waals surface area contributed by atoms with E-state index in [0.29, 0.717) is 6.54 Å². The molecule has 3 atom stereocenters. The lowest BCUT2D eigenvalue weighted by molar-refractivity contribution is -0.129. The molecule has 0 aromatic rings. The van der Waals surface area contributed by atoms with Crippen LogP contribution in [0.1, 0.15) is 39.0 Å². The van der Waals surface area contributed by atoms with Gasteiger partial charge < -0.3 is 15.7 Å². The van der Waals surface area contributed by atoms with Crippen LogP contribution >= 0.6 is 0 Å². The van der Waals surface area contributed by atoms with Gasteiger partial charge in [0.25, 0.3) is 0 Å². The van der Waals surface area contributed by atoms with Crippen molar-refractivity contribution < 1.29 is 9.90 Å². The van der Waals surface area contributed by atoms with Gasteiger partial charge in [0.1, 0.15) is 0 Å². The molecule has 4 heteroatoms. The van der Waals surface area contributed by atoms with E-state index >= 15 is 0 Å². The smallest absolute Gasteiger partial charge is 0.227 e. The lowest BCUT2D eigenvalue weighted by Crippen LogP contribution is -2.44. The number of hydrogen-bond donors (Lipinski definition) is 3. The second kappa shape index (κ2) is 5.36. The fourth-order valence-electron chi connectivity index (χ4n) is 2.87. The Morgan fingerprint density at radius 2 is 2.24 bits per heavy atom. The predicted octanol–water partition coefficient (Wildman–Crippen LogP) is 0.653. The van der Waals surface area contributed by atoms with Crippen LogP contribution in [0.3, 0.4) is 0 Å². The average Bonchev–Trinajstić information content (AvgIpc) is 2.76. The first-order valence-electron chi connectivity index (χ1n) is 6.79. The fraction of sp³-hybridized carbons (Fsp3) is 0.923. The standard InChI is InChI=1S/C13H24N2O2/c1-13(6-7-14-9-13)12(17)15-8-10-4-2-3-5-11(10)16/h10-11,14,16H,2-9H2,1H3,(H,15,17). The molecular formula is C13H24N2O2. The summed E-state index contributed by atoms with van der Waals surface area (Å²) in [4.78, 5) is 12.1. The van der Waals surface area contributed by atoms with Gasteiger partial charge in [-0.2, -0.15) is 0 Å². The largest absolute Gasteiger partial charge is 0.393 e.